The molecule has 0 fully saturated rings. The molecule has 0 amide bonds. The van der Waals surface area contributed by atoms with Crippen LogP contribution in [-0.4, -0.2) is 54.4 Å². The van der Waals surface area contributed by atoms with Gasteiger partial charge in [-0.05, 0) is 19.3 Å². The zero-order valence-electron chi connectivity index (χ0n) is 14.2. The Morgan fingerprint density at radius 3 is 2.30 bits per heavy atom. The molecule has 0 saturated heterocycles. The molecule has 0 aliphatic carbocycles. The molecule has 0 radical (unpaired) electrons. The lowest BCUT2D eigenvalue weighted by Crippen LogP contribution is -2.28. The first-order valence-corrected chi connectivity index (χ1v) is 7.86. The Kier molecular flexibility index (Phi) is 7.42. The Bertz CT molecular complexity index is 649. The fraction of sp³-hybridized carbons (Fsp3) is 0.357. The summed E-state index contributed by atoms with van der Waals surface area (Å²) >= 11 is 6.26. The Morgan fingerprint density at radius 1 is 1.13 bits per heavy atom. The molecule has 0 aromatic heterocycles. The van der Waals surface area contributed by atoms with Crippen molar-refractivity contribution in [3.8, 4) is 0 Å². The third-order valence-corrected chi connectivity index (χ3v) is 3.79. The zero-order chi connectivity index (χ0) is 17.6. The van der Waals surface area contributed by atoms with Crippen molar-refractivity contribution in [3.63, 3.8) is 0 Å². The molecular weight excluding hydrogens is 314 g/mol. The van der Waals surface area contributed by atoms with Crippen molar-refractivity contribution in [3.05, 3.63) is 11.1 Å². The number of hydrogen-bond acceptors (Lipinski definition) is 5. The van der Waals surface area contributed by atoms with E-state index in [1.807, 2.05) is 29.6 Å². The van der Waals surface area contributed by atoms with Crippen molar-refractivity contribution in [2.75, 3.05) is 13.2 Å². The zero-order valence-corrected chi connectivity index (χ0v) is 14.9. The number of halogens is 1. The van der Waals surface area contributed by atoms with Crippen molar-refractivity contribution in [2.45, 2.75) is 20.3 Å². The summed E-state index contributed by atoms with van der Waals surface area (Å²) in [6.45, 7) is 3.84. The average Bonchev–Trinajstić information content (AvgIpc) is 2.48. The maximum absolute atomic E-state index is 12.1. The average molecular weight is 333 g/mol. The molecule has 9 heteroatoms. The van der Waals surface area contributed by atoms with Gasteiger partial charge in [-0.15, -0.1) is 0 Å². The highest BCUT2D eigenvalue weighted by molar-refractivity contribution is 6.57. The molecular formula is C14H19B3ClNO4. The van der Waals surface area contributed by atoms with Gasteiger partial charge in [0.25, 0.3) is 0 Å². The largest absolute Gasteiger partial charge is 0.466 e. The van der Waals surface area contributed by atoms with Gasteiger partial charge in [-0.1, -0.05) is 28.6 Å². The molecule has 5 nitrogen and oxygen atoms in total. The number of ether oxygens (including phenoxy) is 2. The van der Waals surface area contributed by atoms with E-state index in [0.29, 0.717) is 10.7 Å². The predicted molar refractivity (Wildman–Crippen MR) is 101 cm³/mol. The van der Waals surface area contributed by atoms with Gasteiger partial charge in [-0.2, -0.15) is 0 Å². The number of carbonyl (C=O) groups excluding carboxylic acids is 2. The molecule has 1 rings (SSSR count). The van der Waals surface area contributed by atoms with Gasteiger partial charge in [0.2, 0.25) is 0 Å². The summed E-state index contributed by atoms with van der Waals surface area (Å²) in [5.41, 5.74) is 3.15. The molecule has 0 aliphatic heterocycles. The summed E-state index contributed by atoms with van der Waals surface area (Å²) in [5.74, 6) is -1.15. The van der Waals surface area contributed by atoms with Gasteiger partial charge in [0.1, 0.15) is 29.3 Å². The molecule has 0 heterocycles. The summed E-state index contributed by atoms with van der Waals surface area (Å²) in [7, 11) is 5.61. The smallest absolute Gasteiger partial charge is 0.353 e. The number of esters is 2. The molecule has 0 N–H and O–H groups in total. The fourth-order valence-corrected chi connectivity index (χ4v) is 2.32. The van der Waals surface area contributed by atoms with Crippen LogP contribution in [-0.2, 0) is 19.1 Å². The van der Waals surface area contributed by atoms with Crippen LogP contribution in [0.2, 0.25) is 5.02 Å². The summed E-state index contributed by atoms with van der Waals surface area (Å²) < 4.78 is 9.87. The van der Waals surface area contributed by atoms with Gasteiger partial charge in [-0.25, -0.2) is 9.79 Å². The van der Waals surface area contributed by atoms with Crippen molar-refractivity contribution >= 4 is 74.9 Å². The quantitative estimate of drug-likeness (QED) is 0.334. The number of hydrogen-bond donors (Lipinski definition) is 0. The summed E-state index contributed by atoms with van der Waals surface area (Å²) in [5, 5.41) is 0.591. The van der Waals surface area contributed by atoms with Crippen LogP contribution < -0.4 is 16.4 Å². The SMILES string of the molecule is Bc1cc(B)c(/N=C(\CC(=O)OCC)C(=O)OCC)c(B)c1Cl. The van der Waals surface area contributed by atoms with Crippen LogP contribution in [0.4, 0.5) is 5.69 Å². The minimum absolute atomic E-state index is 0.0106. The highest BCUT2D eigenvalue weighted by atomic mass is 35.5. The predicted octanol–water partition coefficient (Wildman–Crippen LogP) is -2.30. The van der Waals surface area contributed by atoms with Gasteiger partial charge in [0, 0.05) is 5.02 Å². The molecule has 0 unspecified atom stereocenters. The monoisotopic (exact) mass is 333 g/mol. The second-order valence-electron chi connectivity index (χ2n) is 5.06. The van der Waals surface area contributed by atoms with Crippen LogP contribution in [0.1, 0.15) is 20.3 Å². The maximum Gasteiger partial charge on any atom is 0.353 e. The number of carbonyl (C=O) groups is 2. The van der Waals surface area contributed by atoms with E-state index in [2.05, 4.69) is 4.99 Å². The van der Waals surface area contributed by atoms with E-state index in [0.717, 1.165) is 16.4 Å². The molecule has 0 spiro atoms. The highest BCUT2D eigenvalue weighted by Crippen LogP contribution is 2.11. The van der Waals surface area contributed by atoms with Gasteiger partial charge in [0.05, 0.1) is 25.3 Å². The van der Waals surface area contributed by atoms with E-state index in [4.69, 9.17) is 21.1 Å². The molecule has 120 valence electrons. The van der Waals surface area contributed by atoms with Crippen LogP contribution in [0, 0.1) is 0 Å². The Hall–Kier alpha value is -1.69. The standard InChI is InChI=1S/C14H19B3ClNO4/c1-3-22-10(20)6-9(14(21)23-4-2)19-13-8(16)5-7(15)12(18)11(13)17/h5H,3-4,6,15-17H2,1-2H3/b19-9+. The van der Waals surface area contributed by atoms with Crippen molar-refractivity contribution in [1.29, 1.82) is 0 Å². The summed E-state index contributed by atoms with van der Waals surface area (Å²) in [6, 6.07) is 1.89. The van der Waals surface area contributed by atoms with E-state index in [1.54, 1.807) is 13.8 Å². The second kappa shape index (κ2) is 8.82. The number of aliphatic imine (C=N–C) groups is 1. The van der Waals surface area contributed by atoms with Crippen molar-refractivity contribution in [2.24, 2.45) is 4.99 Å². The van der Waals surface area contributed by atoms with Crippen molar-refractivity contribution < 1.29 is 19.1 Å². The molecule has 1 aromatic carbocycles. The van der Waals surface area contributed by atoms with E-state index in [9.17, 15) is 9.59 Å². The van der Waals surface area contributed by atoms with E-state index in [1.165, 1.54) is 0 Å². The van der Waals surface area contributed by atoms with Gasteiger partial charge < -0.3 is 9.47 Å². The summed E-state index contributed by atoms with van der Waals surface area (Å²) in [4.78, 5) is 28.1. The number of benzene rings is 1. The first-order chi connectivity index (χ1) is 10.8. The normalized spacial score (nSPS) is 11.2. The minimum atomic E-state index is -0.629. The lowest BCUT2D eigenvalue weighted by atomic mass is 9.78. The third kappa shape index (κ3) is 5.17. The van der Waals surface area contributed by atoms with Gasteiger partial charge in [-0.3, -0.25) is 4.79 Å². The molecule has 0 saturated carbocycles. The number of rotatable bonds is 6. The van der Waals surface area contributed by atoms with Gasteiger partial charge in [0.15, 0.2) is 0 Å². The third-order valence-electron chi connectivity index (χ3n) is 3.21. The van der Waals surface area contributed by atoms with Gasteiger partial charge >= 0.3 is 11.9 Å². The number of nitrogens with zero attached hydrogens (tertiary/aromatic N) is 1. The van der Waals surface area contributed by atoms with Crippen molar-refractivity contribution in [1.82, 2.24) is 0 Å². The van der Waals surface area contributed by atoms with Crippen LogP contribution >= 0.6 is 11.6 Å². The first-order valence-electron chi connectivity index (χ1n) is 7.48. The highest BCUT2D eigenvalue weighted by Gasteiger charge is 2.19. The van der Waals surface area contributed by atoms with Crippen LogP contribution in [0.3, 0.4) is 0 Å². The lowest BCUT2D eigenvalue weighted by molar-refractivity contribution is -0.143. The Labute approximate surface area is 144 Å². The fourth-order valence-electron chi connectivity index (χ4n) is 2.18. The van der Waals surface area contributed by atoms with E-state index < -0.39 is 11.9 Å². The Balaban J connectivity index is 3.31. The minimum Gasteiger partial charge on any atom is -0.466 e. The Morgan fingerprint density at radius 2 is 1.74 bits per heavy atom. The first kappa shape index (κ1) is 19.4. The molecule has 0 aliphatic rings. The summed E-state index contributed by atoms with van der Waals surface area (Å²) in [6.07, 6.45) is -0.239. The second-order valence-corrected chi connectivity index (χ2v) is 5.44. The molecule has 1 aromatic rings. The molecule has 23 heavy (non-hydrogen) atoms. The van der Waals surface area contributed by atoms with Crippen LogP contribution in [0.5, 0.6) is 0 Å². The lowest BCUT2D eigenvalue weighted by Gasteiger charge is -2.12. The molecule has 0 bridgehead atoms. The molecule has 0 atom stereocenters. The van der Waals surface area contributed by atoms with Crippen LogP contribution in [0.15, 0.2) is 11.1 Å². The maximum atomic E-state index is 12.1. The van der Waals surface area contributed by atoms with Crippen LogP contribution in [0.25, 0.3) is 0 Å². The van der Waals surface area contributed by atoms with E-state index >= 15 is 0 Å². The topological polar surface area (TPSA) is 65.0 Å². The van der Waals surface area contributed by atoms with E-state index in [-0.39, 0.29) is 25.3 Å².